The normalized spacial score (nSPS) is 16.2. The molecular formula is C17H26N4OS. The number of morpholine rings is 1. The summed E-state index contributed by atoms with van der Waals surface area (Å²) in [7, 11) is 0. The molecule has 0 amide bonds. The molecule has 1 fully saturated rings. The van der Waals surface area contributed by atoms with Gasteiger partial charge in [-0.05, 0) is 36.7 Å². The van der Waals surface area contributed by atoms with E-state index in [1.165, 1.54) is 5.56 Å². The third kappa shape index (κ3) is 6.25. The maximum Gasteiger partial charge on any atom is 0.187 e. The number of hydrogen-bond acceptors (Lipinski definition) is 4. The SMILES string of the molecule is CCc1ccc(/C(C)=N\NC(=S)NCCN2CCOCC2)cc1. The summed E-state index contributed by atoms with van der Waals surface area (Å²) in [4.78, 5) is 2.36. The van der Waals surface area contributed by atoms with Gasteiger partial charge in [-0.3, -0.25) is 10.3 Å². The van der Waals surface area contributed by atoms with Crippen LogP contribution in [-0.4, -0.2) is 55.1 Å². The van der Waals surface area contributed by atoms with E-state index < -0.39 is 0 Å². The predicted octanol–water partition coefficient (Wildman–Crippen LogP) is 1.77. The summed E-state index contributed by atoms with van der Waals surface area (Å²) in [6.45, 7) is 9.53. The Labute approximate surface area is 144 Å². The lowest BCUT2D eigenvalue weighted by Crippen LogP contribution is -2.42. The third-order valence-corrected chi connectivity index (χ3v) is 4.16. The second kappa shape index (κ2) is 9.60. The van der Waals surface area contributed by atoms with Crippen LogP contribution in [0, 0.1) is 0 Å². The molecule has 0 spiro atoms. The molecule has 0 atom stereocenters. The summed E-state index contributed by atoms with van der Waals surface area (Å²) in [6, 6.07) is 8.45. The van der Waals surface area contributed by atoms with Crippen molar-refractivity contribution >= 4 is 23.0 Å². The van der Waals surface area contributed by atoms with Crippen LogP contribution in [0.15, 0.2) is 29.4 Å². The molecule has 0 bridgehead atoms. The van der Waals surface area contributed by atoms with Gasteiger partial charge in [0.15, 0.2) is 5.11 Å². The van der Waals surface area contributed by atoms with E-state index >= 15 is 0 Å². The van der Waals surface area contributed by atoms with E-state index in [0.717, 1.165) is 57.1 Å². The van der Waals surface area contributed by atoms with Crippen LogP contribution in [-0.2, 0) is 11.2 Å². The maximum absolute atomic E-state index is 5.33. The van der Waals surface area contributed by atoms with E-state index in [2.05, 4.69) is 51.9 Å². The summed E-state index contributed by atoms with van der Waals surface area (Å²) < 4.78 is 5.33. The zero-order valence-corrected chi connectivity index (χ0v) is 14.8. The van der Waals surface area contributed by atoms with Gasteiger partial charge in [0.25, 0.3) is 0 Å². The van der Waals surface area contributed by atoms with Gasteiger partial charge in [-0.15, -0.1) is 0 Å². The minimum Gasteiger partial charge on any atom is -0.379 e. The lowest BCUT2D eigenvalue weighted by molar-refractivity contribution is 0.0389. The van der Waals surface area contributed by atoms with E-state index in [-0.39, 0.29) is 0 Å². The van der Waals surface area contributed by atoms with Crippen LogP contribution in [0.25, 0.3) is 0 Å². The van der Waals surface area contributed by atoms with Crippen molar-refractivity contribution in [3.8, 4) is 0 Å². The molecule has 23 heavy (non-hydrogen) atoms. The van der Waals surface area contributed by atoms with Gasteiger partial charge in [0.05, 0.1) is 18.9 Å². The Hall–Kier alpha value is -1.50. The molecule has 0 aromatic heterocycles. The standard InChI is InChI=1S/C17H26N4OS/c1-3-15-4-6-16(7-5-15)14(2)19-20-17(23)18-8-9-21-10-12-22-13-11-21/h4-7H,3,8-13H2,1-2H3,(H2,18,20,23)/b19-14-. The first-order valence-corrected chi connectivity index (χ1v) is 8.57. The number of hydrogen-bond donors (Lipinski definition) is 2. The zero-order chi connectivity index (χ0) is 16.5. The minimum atomic E-state index is 0.558. The maximum atomic E-state index is 5.33. The van der Waals surface area contributed by atoms with E-state index in [9.17, 15) is 0 Å². The molecule has 1 aromatic carbocycles. The summed E-state index contributed by atoms with van der Waals surface area (Å²) in [5.41, 5.74) is 6.26. The number of nitrogens with zero attached hydrogens (tertiary/aromatic N) is 2. The van der Waals surface area contributed by atoms with Gasteiger partial charge < -0.3 is 10.1 Å². The first kappa shape index (κ1) is 17.8. The second-order valence-corrected chi connectivity index (χ2v) is 5.98. The Bertz CT molecular complexity index is 524. The van der Waals surface area contributed by atoms with E-state index in [0.29, 0.717) is 5.11 Å². The summed E-state index contributed by atoms with van der Waals surface area (Å²) >= 11 is 5.26. The molecule has 2 rings (SSSR count). The average Bonchev–Trinajstić information content (AvgIpc) is 2.60. The largest absolute Gasteiger partial charge is 0.379 e. The number of rotatable bonds is 6. The van der Waals surface area contributed by atoms with Crippen molar-refractivity contribution in [2.75, 3.05) is 39.4 Å². The molecule has 1 saturated heterocycles. The minimum absolute atomic E-state index is 0.558. The molecule has 1 aliphatic rings. The van der Waals surface area contributed by atoms with Gasteiger partial charge in [-0.1, -0.05) is 31.2 Å². The summed E-state index contributed by atoms with van der Waals surface area (Å²) in [6.07, 6.45) is 1.05. The van der Waals surface area contributed by atoms with Gasteiger partial charge in [-0.2, -0.15) is 5.10 Å². The summed E-state index contributed by atoms with van der Waals surface area (Å²) in [5, 5.41) is 8.09. The Morgan fingerprint density at radius 3 is 2.61 bits per heavy atom. The highest BCUT2D eigenvalue weighted by Gasteiger charge is 2.09. The Morgan fingerprint density at radius 2 is 1.96 bits per heavy atom. The van der Waals surface area contributed by atoms with Crippen LogP contribution in [0.2, 0.25) is 0 Å². The molecule has 1 aliphatic heterocycles. The van der Waals surface area contributed by atoms with Crippen molar-refractivity contribution in [3.63, 3.8) is 0 Å². The number of nitrogens with one attached hydrogen (secondary N) is 2. The Kier molecular flexibility index (Phi) is 7.45. The summed E-state index contributed by atoms with van der Waals surface area (Å²) in [5.74, 6) is 0. The van der Waals surface area contributed by atoms with Crippen molar-refractivity contribution in [2.45, 2.75) is 20.3 Å². The quantitative estimate of drug-likeness (QED) is 0.472. The number of benzene rings is 1. The molecule has 6 heteroatoms. The van der Waals surface area contributed by atoms with Crippen LogP contribution in [0.1, 0.15) is 25.0 Å². The molecule has 0 radical (unpaired) electrons. The van der Waals surface area contributed by atoms with Gasteiger partial charge in [-0.25, -0.2) is 0 Å². The highest BCUT2D eigenvalue weighted by molar-refractivity contribution is 7.80. The fraction of sp³-hybridized carbons (Fsp3) is 0.529. The van der Waals surface area contributed by atoms with E-state index in [1.807, 2.05) is 6.92 Å². The average molecular weight is 334 g/mol. The predicted molar refractivity (Wildman–Crippen MR) is 99.0 cm³/mol. The van der Waals surface area contributed by atoms with Crippen molar-refractivity contribution in [1.29, 1.82) is 0 Å². The lowest BCUT2D eigenvalue weighted by Gasteiger charge is -2.26. The Morgan fingerprint density at radius 1 is 1.26 bits per heavy atom. The first-order valence-electron chi connectivity index (χ1n) is 8.16. The third-order valence-electron chi connectivity index (χ3n) is 3.92. The van der Waals surface area contributed by atoms with Gasteiger partial charge in [0.2, 0.25) is 0 Å². The highest BCUT2D eigenvalue weighted by Crippen LogP contribution is 2.06. The molecular weight excluding hydrogens is 308 g/mol. The van der Waals surface area contributed by atoms with Gasteiger partial charge in [0, 0.05) is 26.2 Å². The fourth-order valence-corrected chi connectivity index (χ4v) is 2.52. The van der Waals surface area contributed by atoms with Crippen molar-refractivity contribution in [3.05, 3.63) is 35.4 Å². The lowest BCUT2D eigenvalue weighted by atomic mass is 10.1. The van der Waals surface area contributed by atoms with Crippen molar-refractivity contribution in [2.24, 2.45) is 5.10 Å². The number of thiocarbonyl (C=S) groups is 1. The number of hydrazone groups is 1. The topological polar surface area (TPSA) is 48.9 Å². The van der Waals surface area contributed by atoms with E-state index in [4.69, 9.17) is 17.0 Å². The highest BCUT2D eigenvalue weighted by atomic mass is 32.1. The van der Waals surface area contributed by atoms with Crippen LogP contribution in [0.4, 0.5) is 0 Å². The Balaban J connectivity index is 1.71. The number of aryl methyl sites for hydroxylation is 1. The smallest absolute Gasteiger partial charge is 0.187 e. The van der Waals surface area contributed by atoms with Gasteiger partial charge in [0.1, 0.15) is 0 Å². The molecule has 0 saturated carbocycles. The van der Waals surface area contributed by atoms with Gasteiger partial charge >= 0.3 is 0 Å². The molecule has 0 aliphatic carbocycles. The second-order valence-electron chi connectivity index (χ2n) is 5.57. The molecule has 0 unspecified atom stereocenters. The molecule has 2 N–H and O–H groups in total. The molecule has 5 nitrogen and oxygen atoms in total. The van der Waals surface area contributed by atoms with Crippen LogP contribution in [0.3, 0.4) is 0 Å². The number of ether oxygens (including phenoxy) is 1. The van der Waals surface area contributed by atoms with Crippen LogP contribution < -0.4 is 10.7 Å². The van der Waals surface area contributed by atoms with Crippen LogP contribution >= 0.6 is 12.2 Å². The van der Waals surface area contributed by atoms with E-state index in [1.54, 1.807) is 0 Å². The zero-order valence-electron chi connectivity index (χ0n) is 14.0. The van der Waals surface area contributed by atoms with Crippen molar-refractivity contribution < 1.29 is 4.74 Å². The van der Waals surface area contributed by atoms with Crippen molar-refractivity contribution in [1.82, 2.24) is 15.6 Å². The van der Waals surface area contributed by atoms with Crippen LogP contribution in [0.5, 0.6) is 0 Å². The molecule has 1 heterocycles. The first-order chi connectivity index (χ1) is 11.2. The molecule has 126 valence electrons. The monoisotopic (exact) mass is 334 g/mol. The molecule has 1 aromatic rings. The fourth-order valence-electron chi connectivity index (χ4n) is 2.37.